The first-order valence-electron chi connectivity index (χ1n) is 6.13. The van der Waals surface area contributed by atoms with Crippen molar-refractivity contribution in [3.63, 3.8) is 0 Å². The van der Waals surface area contributed by atoms with Gasteiger partial charge in [-0.3, -0.25) is 4.79 Å². The molecular formula is C12H22N2O4. The summed E-state index contributed by atoms with van der Waals surface area (Å²) in [4.78, 5) is 24.3. The fourth-order valence-corrected chi connectivity index (χ4v) is 1.74. The van der Waals surface area contributed by atoms with Crippen molar-refractivity contribution in [3.8, 4) is 0 Å². The molecule has 0 aliphatic carbocycles. The van der Waals surface area contributed by atoms with Gasteiger partial charge < -0.3 is 20.1 Å². The van der Waals surface area contributed by atoms with Gasteiger partial charge in [0.15, 0.2) is 0 Å². The molecule has 2 N–H and O–H groups in total. The zero-order valence-electron chi connectivity index (χ0n) is 11.2. The Hall–Kier alpha value is -1.30. The topological polar surface area (TPSA) is 78.9 Å². The predicted octanol–water partition coefficient (Wildman–Crippen LogP) is 0.918. The van der Waals surface area contributed by atoms with Gasteiger partial charge in [0.25, 0.3) is 0 Å². The summed E-state index contributed by atoms with van der Waals surface area (Å²) in [5.74, 6) is -0.917. The first-order chi connectivity index (χ1) is 8.29. The molecule has 18 heavy (non-hydrogen) atoms. The Morgan fingerprint density at radius 3 is 2.67 bits per heavy atom. The number of rotatable bonds is 3. The number of amides is 2. The van der Waals surface area contributed by atoms with Gasteiger partial charge in [-0.1, -0.05) is 20.8 Å². The lowest BCUT2D eigenvalue weighted by atomic mass is 9.97. The van der Waals surface area contributed by atoms with Gasteiger partial charge in [-0.2, -0.15) is 0 Å². The summed E-state index contributed by atoms with van der Waals surface area (Å²) in [6.45, 7) is 7.83. The molecule has 104 valence electrons. The summed E-state index contributed by atoms with van der Waals surface area (Å²) in [5, 5.41) is 11.6. The van der Waals surface area contributed by atoms with Gasteiger partial charge in [0.1, 0.15) is 0 Å². The number of morpholine rings is 1. The van der Waals surface area contributed by atoms with Gasteiger partial charge in [0, 0.05) is 13.1 Å². The molecule has 2 amide bonds. The smallest absolute Gasteiger partial charge is 0.317 e. The summed E-state index contributed by atoms with van der Waals surface area (Å²) < 4.78 is 5.22. The summed E-state index contributed by atoms with van der Waals surface area (Å²) in [6, 6.07) is -0.587. The van der Waals surface area contributed by atoms with Gasteiger partial charge in [0.05, 0.1) is 25.7 Å². The van der Waals surface area contributed by atoms with E-state index in [0.29, 0.717) is 19.7 Å². The normalized spacial score (nSPS) is 20.6. The van der Waals surface area contributed by atoms with E-state index in [1.165, 1.54) is 0 Å². The monoisotopic (exact) mass is 258 g/mol. The third-order valence-electron chi connectivity index (χ3n) is 2.67. The minimum Gasteiger partial charge on any atom is -0.481 e. The van der Waals surface area contributed by atoms with Crippen molar-refractivity contribution in [2.45, 2.75) is 33.2 Å². The third-order valence-corrected chi connectivity index (χ3v) is 2.67. The Bertz CT molecular complexity index is 312. The number of aliphatic carboxylic acids is 1. The molecule has 1 fully saturated rings. The summed E-state index contributed by atoms with van der Waals surface area (Å²) in [5.41, 5.74) is 0.00421. The lowest BCUT2D eigenvalue weighted by molar-refractivity contribution is -0.139. The van der Waals surface area contributed by atoms with Crippen LogP contribution in [0, 0.1) is 5.41 Å². The van der Waals surface area contributed by atoms with Crippen LogP contribution < -0.4 is 5.32 Å². The van der Waals surface area contributed by atoms with E-state index >= 15 is 0 Å². The van der Waals surface area contributed by atoms with Gasteiger partial charge in [-0.05, 0) is 5.41 Å². The van der Waals surface area contributed by atoms with E-state index in [1.807, 2.05) is 20.8 Å². The molecule has 1 saturated heterocycles. The summed E-state index contributed by atoms with van der Waals surface area (Å²) in [6.07, 6.45) is -0.0804. The average Bonchev–Trinajstić information content (AvgIpc) is 2.25. The van der Waals surface area contributed by atoms with Crippen LogP contribution in [0.2, 0.25) is 0 Å². The Kier molecular flexibility index (Phi) is 4.95. The highest BCUT2D eigenvalue weighted by Gasteiger charge is 2.29. The molecule has 1 heterocycles. The Morgan fingerprint density at radius 1 is 1.44 bits per heavy atom. The number of carbonyl (C=O) groups is 2. The lowest BCUT2D eigenvalue weighted by Gasteiger charge is -2.35. The maximum absolute atomic E-state index is 12.0. The van der Waals surface area contributed by atoms with E-state index in [2.05, 4.69) is 5.32 Å². The van der Waals surface area contributed by atoms with Crippen LogP contribution in [0.1, 0.15) is 27.2 Å². The van der Waals surface area contributed by atoms with Gasteiger partial charge >= 0.3 is 12.0 Å². The second-order valence-electron chi connectivity index (χ2n) is 5.74. The quantitative estimate of drug-likeness (QED) is 0.789. The van der Waals surface area contributed by atoms with Crippen LogP contribution in [0.4, 0.5) is 4.79 Å². The molecule has 0 saturated carbocycles. The zero-order chi connectivity index (χ0) is 13.8. The zero-order valence-corrected chi connectivity index (χ0v) is 11.2. The van der Waals surface area contributed by atoms with Crippen LogP contribution in [0.5, 0.6) is 0 Å². The number of carboxylic acid groups (broad SMARTS) is 1. The molecule has 1 unspecified atom stereocenters. The number of urea groups is 1. The fraction of sp³-hybridized carbons (Fsp3) is 0.833. The van der Waals surface area contributed by atoms with Crippen LogP contribution in [-0.4, -0.2) is 54.4 Å². The Labute approximate surface area is 107 Å². The predicted molar refractivity (Wildman–Crippen MR) is 66.4 cm³/mol. The molecule has 0 aromatic rings. The maximum Gasteiger partial charge on any atom is 0.317 e. The second-order valence-corrected chi connectivity index (χ2v) is 5.74. The van der Waals surface area contributed by atoms with Crippen molar-refractivity contribution in [1.29, 1.82) is 0 Å². The lowest BCUT2D eigenvalue weighted by Crippen LogP contribution is -2.54. The standard InChI is InChI=1S/C12H22N2O4/c1-12(2,3)8-13-11(17)14-4-5-18-7-9(14)6-10(15)16/h9H,4-8H2,1-3H3,(H,13,17)(H,15,16). The van der Waals surface area contributed by atoms with E-state index < -0.39 is 5.97 Å². The van der Waals surface area contributed by atoms with Crippen molar-refractivity contribution in [3.05, 3.63) is 0 Å². The SMILES string of the molecule is CC(C)(C)CNC(=O)N1CCOCC1CC(=O)O. The second kappa shape index (κ2) is 6.04. The molecular weight excluding hydrogens is 236 g/mol. The molecule has 6 heteroatoms. The Balaban J connectivity index is 2.54. The first kappa shape index (κ1) is 14.8. The molecule has 1 atom stereocenters. The van der Waals surface area contributed by atoms with Crippen molar-refractivity contribution in [2.24, 2.45) is 5.41 Å². The van der Waals surface area contributed by atoms with E-state index in [1.54, 1.807) is 4.90 Å². The summed E-state index contributed by atoms with van der Waals surface area (Å²) in [7, 11) is 0. The number of hydrogen-bond acceptors (Lipinski definition) is 3. The van der Waals surface area contributed by atoms with Crippen LogP contribution >= 0.6 is 0 Å². The number of hydrogen-bond donors (Lipinski definition) is 2. The molecule has 0 bridgehead atoms. The van der Waals surface area contributed by atoms with Gasteiger partial charge in [-0.15, -0.1) is 0 Å². The van der Waals surface area contributed by atoms with E-state index in [4.69, 9.17) is 9.84 Å². The minimum absolute atomic E-state index is 0.00421. The summed E-state index contributed by atoms with van der Waals surface area (Å²) >= 11 is 0. The maximum atomic E-state index is 12.0. The third kappa shape index (κ3) is 4.91. The first-order valence-corrected chi connectivity index (χ1v) is 6.13. The average molecular weight is 258 g/mol. The van der Waals surface area contributed by atoms with Crippen molar-refractivity contribution in [2.75, 3.05) is 26.3 Å². The molecule has 6 nitrogen and oxygen atoms in total. The van der Waals surface area contributed by atoms with E-state index in [0.717, 1.165) is 0 Å². The molecule has 1 aliphatic heterocycles. The van der Waals surface area contributed by atoms with E-state index in [-0.39, 0.29) is 30.5 Å². The molecule has 0 aromatic carbocycles. The van der Waals surface area contributed by atoms with E-state index in [9.17, 15) is 9.59 Å². The fourth-order valence-electron chi connectivity index (χ4n) is 1.74. The number of carboxylic acids is 1. The van der Waals surface area contributed by atoms with Crippen LogP contribution in [0.3, 0.4) is 0 Å². The van der Waals surface area contributed by atoms with Gasteiger partial charge in [-0.25, -0.2) is 4.79 Å². The molecule has 0 aromatic heterocycles. The molecule has 0 radical (unpaired) electrons. The number of nitrogens with zero attached hydrogens (tertiary/aromatic N) is 1. The Morgan fingerprint density at radius 2 is 2.11 bits per heavy atom. The number of ether oxygens (including phenoxy) is 1. The van der Waals surface area contributed by atoms with Crippen LogP contribution in [0.25, 0.3) is 0 Å². The molecule has 0 spiro atoms. The van der Waals surface area contributed by atoms with Crippen molar-refractivity contribution in [1.82, 2.24) is 10.2 Å². The molecule has 1 aliphatic rings. The highest BCUT2D eigenvalue weighted by Crippen LogP contribution is 2.13. The highest BCUT2D eigenvalue weighted by molar-refractivity contribution is 5.76. The van der Waals surface area contributed by atoms with Crippen molar-refractivity contribution < 1.29 is 19.4 Å². The molecule has 1 rings (SSSR count). The van der Waals surface area contributed by atoms with Crippen molar-refractivity contribution >= 4 is 12.0 Å². The highest BCUT2D eigenvalue weighted by atomic mass is 16.5. The number of nitrogens with one attached hydrogen (secondary N) is 1. The van der Waals surface area contributed by atoms with Gasteiger partial charge in [0.2, 0.25) is 0 Å². The number of carbonyl (C=O) groups excluding carboxylic acids is 1. The van der Waals surface area contributed by atoms with Crippen LogP contribution in [0.15, 0.2) is 0 Å². The minimum atomic E-state index is -0.917. The largest absolute Gasteiger partial charge is 0.481 e. The van der Waals surface area contributed by atoms with Crippen LogP contribution in [-0.2, 0) is 9.53 Å².